The van der Waals surface area contributed by atoms with Crippen molar-refractivity contribution < 1.29 is 13.9 Å². The summed E-state index contributed by atoms with van der Waals surface area (Å²) in [5.41, 5.74) is 1.62. The van der Waals surface area contributed by atoms with E-state index in [4.69, 9.17) is 16.3 Å². The zero-order chi connectivity index (χ0) is 14.0. The van der Waals surface area contributed by atoms with Crippen LogP contribution in [-0.4, -0.2) is 16.1 Å². The summed E-state index contributed by atoms with van der Waals surface area (Å²) in [4.78, 5) is 10.5. The fraction of sp³-hybridized carbons (Fsp3) is 0.231. The van der Waals surface area contributed by atoms with E-state index in [0.717, 1.165) is 6.07 Å². The first kappa shape index (κ1) is 13.5. The molecule has 0 N–H and O–H groups in total. The van der Waals surface area contributed by atoms with E-state index in [9.17, 15) is 9.18 Å². The molecule has 19 heavy (non-hydrogen) atoms. The van der Waals surface area contributed by atoms with Gasteiger partial charge in [-0.05, 0) is 25.1 Å². The molecule has 2 rings (SSSR count). The smallest absolute Gasteiger partial charge is 0.165 e. The van der Waals surface area contributed by atoms with E-state index in [1.165, 1.54) is 12.1 Å². The molecule has 0 amide bonds. The highest BCUT2D eigenvalue weighted by Gasteiger charge is 2.13. The minimum Gasteiger partial charge on any atom is -0.484 e. The molecule has 6 heteroatoms. The van der Waals surface area contributed by atoms with Crippen LogP contribution >= 0.6 is 11.6 Å². The van der Waals surface area contributed by atoms with E-state index in [-0.39, 0.29) is 17.9 Å². The molecule has 0 aliphatic rings. The predicted octanol–water partition coefficient (Wildman–Crippen LogP) is 2.91. The number of ether oxygens (including phenoxy) is 1. The average molecular weight is 283 g/mol. The van der Waals surface area contributed by atoms with Crippen LogP contribution in [0.3, 0.4) is 0 Å². The molecular weight excluding hydrogens is 271 g/mol. The molecule has 0 atom stereocenters. The molecule has 0 radical (unpaired) electrons. The van der Waals surface area contributed by atoms with Gasteiger partial charge in [0.25, 0.3) is 0 Å². The van der Waals surface area contributed by atoms with Gasteiger partial charge in [0.2, 0.25) is 0 Å². The van der Waals surface area contributed by atoms with Crippen molar-refractivity contribution in [2.24, 2.45) is 7.05 Å². The third kappa shape index (κ3) is 2.76. The van der Waals surface area contributed by atoms with Crippen molar-refractivity contribution in [3.63, 3.8) is 0 Å². The van der Waals surface area contributed by atoms with Gasteiger partial charge in [0, 0.05) is 12.6 Å². The van der Waals surface area contributed by atoms with Gasteiger partial charge in [0.05, 0.1) is 16.4 Å². The quantitative estimate of drug-likeness (QED) is 0.810. The van der Waals surface area contributed by atoms with Gasteiger partial charge in [-0.25, -0.2) is 4.39 Å². The molecule has 0 unspecified atom stereocenters. The Morgan fingerprint density at radius 1 is 1.53 bits per heavy atom. The lowest BCUT2D eigenvalue weighted by molar-refractivity contribution is 0.112. The first-order valence-corrected chi connectivity index (χ1v) is 5.96. The Morgan fingerprint density at radius 2 is 2.26 bits per heavy atom. The Balaban J connectivity index is 2.16. The van der Waals surface area contributed by atoms with Crippen molar-refractivity contribution >= 4 is 17.9 Å². The summed E-state index contributed by atoms with van der Waals surface area (Å²) in [5.74, 6) is -0.514. The topological polar surface area (TPSA) is 44.1 Å². The van der Waals surface area contributed by atoms with E-state index in [1.807, 2.05) is 0 Å². The number of halogens is 2. The Labute approximate surface area is 114 Å². The maximum atomic E-state index is 13.6. The molecule has 0 saturated heterocycles. The fourth-order valence-corrected chi connectivity index (χ4v) is 1.91. The minimum absolute atomic E-state index is 0.0699. The third-order valence-corrected chi connectivity index (χ3v) is 3.21. The van der Waals surface area contributed by atoms with Crippen LogP contribution in [0.1, 0.15) is 21.7 Å². The summed E-state index contributed by atoms with van der Waals surface area (Å²) >= 11 is 6.06. The van der Waals surface area contributed by atoms with Gasteiger partial charge in [-0.3, -0.25) is 9.48 Å². The van der Waals surface area contributed by atoms with Gasteiger partial charge < -0.3 is 4.74 Å². The lowest BCUT2D eigenvalue weighted by atomic mass is 10.2. The number of carbonyl (C=O) groups excluding carboxylic acids is 1. The third-order valence-electron chi connectivity index (χ3n) is 2.72. The Morgan fingerprint density at radius 3 is 2.79 bits per heavy atom. The van der Waals surface area contributed by atoms with Crippen molar-refractivity contribution in [3.8, 4) is 5.75 Å². The van der Waals surface area contributed by atoms with Crippen molar-refractivity contribution in [1.29, 1.82) is 0 Å². The number of rotatable bonds is 4. The number of hydrogen-bond donors (Lipinski definition) is 0. The summed E-state index contributed by atoms with van der Waals surface area (Å²) < 4.78 is 20.6. The zero-order valence-corrected chi connectivity index (χ0v) is 11.2. The largest absolute Gasteiger partial charge is 0.484 e. The molecule has 0 fully saturated rings. The summed E-state index contributed by atoms with van der Waals surface area (Å²) in [6.45, 7) is 1.89. The highest BCUT2D eigenvalue weighted by Crippen LogP contribution is 2.23. The van der Waals surface area contributed by atoms with Crippen molar-refractivity contribution in [2.75, 3.05) is 0 Å². The van der Waals surface area contributed by atoms with Crippen LogP contribution in [-0.2, 0) is 13.7 Å². The lowest BCUT2D eigenvalue weighted by Gasteiger charge is -2.08. The average Bonchev–Trinajstić information content (AvgIpc) is 2.62. The molecule has 0 aliphatic carbocycles. The molecule has 0 saturated carbocycles. The standard InChI is InChI=1S/C13H12ClFN2O2/c1-8-13(14)11(17(2)16-8)7-19-12-4-3-9(6-18)5-10(12)15/h3-6H,7H2,1-2H3. The first-order valence-electron chi connectivity index (χ1n) is 5.58. The molecule has 1 heterocycles. The van der Waals surface area contributed by atoms with Crippen LogP contribution in [0.5, 0.6) is 5.75 Å². The van der Waals surface area contributed by atoms with E-state index in [2.05, 4.69) is 5.10 Å². The maximum Gasteiger partial charge on any atom is 0.165 e. The summed E-state index contributed by atoms with van der Waals surface area (Å²) in [6.07, 6.45) is 0.578. The molecule has 0 spiro atoms. The number of nitrogens with zero attached hydrogens (tertiary/aromatic N) is 2. The van der Waals surface area contributed by atoms with Crippen molar-refractivity contribution in [1.82, 2.24) is 9.78 Å². The molecule has 100 valence electrons. The fourth-order valence-electron chi connectivity index (χ4n) is 1.69. The SMILES string of the molecule is Cc1nn(C)c(COc2ccc(C=O)cc2F)c1Cl. The monoisotopic (exact) mass is 282 g/mol. The van der Waals surface area contributed by atoms with E-state index >= 15 is 0 Å². The van der Waals surface area contributed by atoms with Gasteiger partial charge in [-0.1, -0.05) is 11.6 Å². The second-order valence-corrected chi connectivity index (χ2v) is 4.44. The number of aromatic nitrogens is 2. The Hall–Kier alpha value is -1.88. The normalized spacial score (nSPS) is 10.5. The van der Waals surface area contributed by atoms with Crippen molar-refractivity contribution in [3.05, 3.63) is 46.0 Å². The van der Waals surface area contributed by atoms with Gasteiger partial charge >= 0.3 is 0 Å². The van der Waals surface area contributed by atoms with Gasteiger partial charge in [0.15, 0.2) is 11.6 Å². The summed E-state index contributed by atoms with van der Waals surface area (Å²) in [6, 6.07) is 4.02. The second kappa shape index (κ2) is 5.40. The van der Waals surface area contributed by atoms with Gasteiger partial charge in [0.1, 0.15) is 12.9 Å². The zero-order valence-electron chi connectivity index (χ0n) is 10.5. The number of aryl methyl sites for hydroxylation is 2. The van der Waals surface area contributed by atoms with E-state index in [1.54, 1.807) is 18.7 Å². The van der Waals surface area contributed by atoms with E-state index < -0.39 is 5.82 Å². The molecule has 1 aromatic carbocycles. The van der Waals surface area contributed by atoms with Crippen LogP contribution in [0, 0.1) is 12.7 Å². The van der Waals surface area contributed by atoms with Crippen LogP contribution < -0.4 is 4.74 Å². The van der Waals surface area contributed by atoms with Crippen LogP contribution in [0.2, 0.25) is 5.02 Å². The minimum atomic E-state index is -0.584. The number of benzene rings is 1. The number of hydrogen-bond acceptors (Lipinski definition) is 3. The Kier molecular flexibility index (Phi) is 3.85. The highest BCUT2D eigenvalue weighted by atomic mass is 35.5. The summed E-state index contributed by atoms with van der Waals surface area (Å²) in [7, 11) is 1.74. The van der Waals surface area contributed by atoms with Crippen LogP contribution in [0.4, 0.5) is 4.39 Å². The molecule has 0 aliphatic heterocycles. The molecule has 2 aromatic rings. The van der Waals surface area contributed by atoms with Crippen molar-refractivity contribution in [2.45, 2.75) is 13.5 Å². The maximum absolute atomic E-state index is 13.6. The Bertz CT molecular complexity index is 625. The number of carbonyl (C=O) groups is 1. The van der Waals surface area contributed by atoms with Crippen LogP contribution in [0.15, 0.2) is 18.2 Å². The van der Waals surface area contributed by atoms with Gasteiger partial charge in [-0.2, -0.15) is 5.10 Å². The van der Waals surface area contributed by atoms with Gasteiger partial charge in [-0.15, -0.1) is 0 Å². The molecule has 4 nitrogen and oxygen atoms in total. The lowest BCUT2D eigenvalue weighted by Crippen LogP contribution is -2.04. The predicted molar refractivity (Wildman–Crippen MR) is 69.1 cm³/mol. The number of aldehydes is 1. The summed E-state index contributed by atoms with van der Waals surface area (Å²) in [5, 5.41) is 4.64. The molecule has 1 aromatic heterocycles. The molecule has 0 bridgehead atoms. The van der Waals surface area contributed by atoms with E-state index in [0.29, 0.717) is 22.7 Å². The molecular formula is C13H12ClFN2O2. The first-order chi connectivity index (χ1) is 9.02. The van der Waals surface area contributed by atoms with Crippen LogP contribution in [0.25, 0.3) is 0 Å². The highest BCUT2D eigenvalue weighted by molar-refractivity contribution is 6.31. The second-order valence-electron chi connectivity index (χ2n) is 4.07.